The minimum absolute atomic E-state index is 0.0176. The molecule has 0 unspecified atom stereocenters. The van der Waals surface area contributed by atoms with E-state index in [4.69, 9.17) is 0 Å². The highest BCUT2D eigenvalue weighted by Gasteiger charge is 2.28. The second-order valence-electron chi connectivity index (χ2n) is 5.05. The molecule has 1 aliphatic rings. The van der Waals surface area contributed by atoms with Crippen LogP contribution >= 0.6 is 0 Å². The maximum absolute atomic E-state index is 12.1. The number of sulfonamides is 1. The van der Waals surface area contributed by atoms with Crippen LogP contribution in [0.25, 0.3) is 0 Å². The lowest BCUT2D eigenvalue weighted by atomic mass is 10.1. The van der Waals surface area contributed by atoms with Gasteiger partial charge in [-0.25, -0.2) is 13.1 Å². The molecule has 0 atom stereocenters. The Bertz CT molecular complexity index is 683. The van der Waals surface area contributed by atoms with Gasteiger partial charge in [0, 0.05) is 6.54 Å². The molecule has 0 spiro atoms. The smallest absolute Gasteiger partial charge is 0.258 e. The minimum atomic E-state index is -3.68. The molecule has 0 aromatic heterocycles. The molecular weight excluding hydrogens is 294 g/mol. The lowest BCUT2D eigenvalue weighted by Crippen LogP contribution is -2.27. The molecule has 0 bridgehead atoms. The lowest BCUT2D eigenvalue weighted by molar-refractivity contribution is 0.0879. The maximum atomic E-state index is 12.1. The Morgan fingerprint density at radius 1 is 1.14 bits per heavy atom. The van der Waals surface area contributed by atoms with E-state index < -0.39 is 21.8 Å². The van der Waals surface area contributed by atoms with E-state index in [1.807, 2.05) is 19.0 Å². The van der Waals surface area contributed by atoms with E-state index in [1.54, 1.807) is 0 Å². The van der Waals surface area contributed by atoms with Crippen LogP contribution in [0.4, 0.5) is 0 Å². The molecule has 1 aromatic rings. The van der Waals surface area contributed by atoms with Gasteiger partial charge in [-0.05, 0) is 45.3 Å². The van der Waals surface area contributed by atoms with Gasteiger partial charge in [-0.3, -0.25) is 14.9 Å². The van der Waals surface area contributed by atoms with Crippen molar-refractivity contribution in [1.82, 2.24) is 14.9 Å². The molecule has 2 N–H and O–H groups in total. The van der Waals surface area contributed by atoms with Crippen LogP contribution in [0.15, 0.2) is 23.1 Å². The lowest BCUT2D eigenvalue weighted by Gasteiger charge is -2.10. The van der Waals surface area contributed by atoms with Gasteiger partial charge in [0.15, 0.2) is 0 Å². The number of hydrogen-bond acceptors (Lipinski definition) is 5. The van der Waals surface area contributed by atoms with Crippen LogP contribution in [0.2, 0.25) is 0 Å². The van der Waals surface area contributed by atoms with Crippen LogP contribution in [0.1, 0.15) is 27.1 Å². The molecule has 0 saturated heterocycles. The number of amides is 2. The number of nitrogens with one attached hydrogen (secondary N) is 2. The fourth-order valence-electron chi connectivity index (χ4n) is 2.00. The number of fused-ring (bicyclic) bond motifs is 1. The van der Waals surface area contributed by atoms with E-state index in [0.717, 1.165) is 6.54 Å². The first-order valence-electron chi connectivity index (χ1n) is 6.45. The predicted octanol–water partition coefficient (Wildman–Crippen LogP) is -0.200. The van der Waals surface area contributed by atoms with Gasteiger partial charge in [0.05, 0.1) is 16.0 Å². The van der Waals surface area contributed by atoms with Gasteiger partial charge in [-0.2, -0.15) is 0 Å². The summed E-state index contributed by atoms with van der Waals surface area (Å²) in [5.74, 6) is -1.07. The van der Waals surface area contributed by atoms with Crippen LogP contribution in [-0.4, -0.2) is 52.3 Å². The number of imide groups is 1. The standard InChI is InChI=1S/C13H17N3O4S/c1-16(2)7-3-6-14-21(19,20)9-4-5-10-11(8-9)13(18)15-12(10)17/h4-5,8,14H,3,6-7H2,1-2H3,(H,15,17,18). The molecule has 8 heteroatoms. The van der Waals surface area contributed by atoms with Crippen LogP contribution in [0.3, 0.4) is 0 Å². The summed E-state index contributed by atoms with van der Waals surface area (Å²) in [5.41, 5.74) is 0.294. The van der Waals surface area contributed by atoms with Gasteiger partial charge in [0.2, 0.25) is 10.0 Å². The molecule has 1 heterocycles. The monoisotopic (exact) mass is 311 g/mol. The van der Waals surface area contributed by atoms with Crippen LogP contribution in [0, 0.1) is 0 Å². The number of benzene rings is 1. The SMILES string of the molecule is CN(C)CCCNS(=O)(=O)c1ccc2c(c1)C(=O)NC2=O. The first-order valence-corrected chi connectivity index (χ1v) is 7.94. The number of rotatable bonds is 6. The van der Waals surface area contributed by atoms with E-state index in [-0.39, 0.29) is 16.0 Å². The molecule has 0 saturated carbocycles. The van der Waals surface area contributed by atoms with E-state index >= 15 is 0 Å². The summed E-state index contributed by atoms with van der Waals surface area (Å²) < 4.78 is 26.7. The first-order chi connectivity index (χ1) is 9.81. The summed E-state index contributed by atoms with van der Waals surface area (Å²) in [5, 5.41) is 2.13. The molecule has 0 aliphatic carbocycles. The van der Waals surface area contributed by atoms with Gasteiger partial charge in [0.1, 0.15) is 0 Å². The summed E-state index contributed by atoms with van der Waals surface area (Å²) >= 11 is 0. The van der Waals surface area contributed by atoms with Crippen molar-refractivity contribution >= 4 is 21.8 Å². The summed E-state index contributed by atoms with van der Waals surface area (Å²) in [4.78, 5) is 24.9. The molecule has 0 radical (unpaired) electrons. The zero-order chi connectivity index (χ0) is 15.6. The van der Waals surface area contributed by atoms with Gasteiger partial charge in [0.25, 0.3) is 11.8 Å². The summed E-state index contributed by atoms with van der Waals surface area (Å²) in [6.07, 6.45) is 0.677. The molecule has 1 aliphatic heterocycles. The van der Waals surface area contributed by atoms with Gasteiger partial charge < -0.3 is 4.90 Å². The number of carbonyl (C=O) groups is 2. The van der Waals surface area contributed by atoms with Gasteiger partial charge in [-0.1, -0.05) is 0 Å². The summed E-state index contributed by atoms with van der Waals surface area (Å²) in [7, 11) is 0.134. The zero-order valence-corrected chi connectivity index (χ0v) is 12.7. The van der Waals surface area contributed by atoms with Crippen molar-refractivity contribution in [2.24, 2.45) is 0 Å². The average Bonchev–Trinajstić information content (AvgIpc) is 2.70. The fourth-order valence-corrected chi connectivity index (χ4v) is 3.10. The Morgan fingerprint density at radius 3 is 2.48 bits per heavy atom. The Morgan fingerprint density at radius 2 is 1.81 bits per heavy atom. The molecule has 7 nitrogen and oxygen atoms in total. The third-order valence-electron chi connectivity index (χ3n) is 3.09. The van der Waals surface area contributed by atoms with Crippen LogP contribution in [0.5, 0.6) is 0 Å². The van der Waals surface area contributed by atoms with Crippen molar-refractivity contribution in [2.75, 3.05) is 27.2 Å². The van der Waals surface area contributed by atoms with Crippen molar-refractivity contribution in [2.45, 2.75) is 11.3 Å². The average molecular weight is 311 g/mol. The van der Waals surface area contributed by atoms with Crippen molar-refractivity contribution in [1.29, 1.82) is 0 Å². The normalized spacial score (nSPS) is 14.4. The molecule has 21 heavy (non-hydrogen) atoms. The second-order valence-corrected chi connectivity index (χ2v) is 6.81. The molecular formula is C13H17N3O4S. The third kappa shape index (κ3) is 3.46. The van der Waals surface area contributed by atoms with Crippen molar-refractivity contribution in [3.63, 3.8) is 0 Å². The van der Waals surface area contributed by atoms with Crippen molar-refractivity contribution in [3.8, 4) is 0 Å². The van der Waals surface area contributed by atoms with E-state index in [1.165, 1.54) is 18.2 Å². The number of carbonyl (C=O) groups excluding carboxylic acids is 2. The predicted molar refractivity (Wildman–Crippen MR) is 76.6 cm³/mol. The highest BCUT2D eigenvalue weighted by Crippen LogP contribution is 2.20. The van der Waals surface area contributed by atoms with E-state index in [0.29, 0.717) is 13.0 Å². The van der Waals surface area contributed by atoms with Crippen molar-refractivity contribution in [3.05, 3.63) is 29.3 Å². The minimum Gasteiger partial charge on any atom is -0.309 e. The van der Waals surface area contributed by atoms with Crippen molar-refractivity contribution < 1.29 is 18.0 Å². The molecule has 0 fully saturated rings. The molecule has 2 amide bonds. The highest BCUT2D eigenvalue weighted by molar-refractivity contribution is 7.89. The largest absolute Gasteiger partial charge is 0.309 e. The van der Waals surface area contributed by atoms with E-state index in [9.17, 15) is 18.0 Å². The Kier molecular flexibility index (Phi) is 4.40. The Balaban J connectivity index is 2.13. The second kappa shape index (κ2) is 5.92. The summed E-state index contributed by atoms with van der Waals surface area (Å²) in [6, 6.07) is 3.90. The van der Waals surface area contributed by atoms with E-state index in [2.05, 4.69) is 10.0 Å². The maximum Gasteiger partial charge on any atom is 0.258 e. The van der Waals surface area contributed by atoms with Crippen LogP contribution < -0.4 is 10.0 Å². The fraction of sp³-hybridized carbons (Fsp3) is 0.385. The molecule has 114 valence electrons. The Hall–Kier alpha value is -1.77. The van der Waals surface area contributed by atoms with Gasteiger partial charge >= 0.3 is 0 Å². The number of hydrogen-bond donors (Lipinski definition) is 2. The molecule has 1 aromatic carbocycles. The highest BCUT2D eigenvalue weighted by atomic mass is 32.2. The van der Waals surface area contributed by atoms with Gasteiger partial charge in [-0.15, -0.1) is 0 Å². The topological polar surface area (TPSA) is 95.6 Å². The van der Waals surface area contributed by atoms with Crippen LogP contribution in [-0.2, 0) is 10.0 Å². The summed E-state index contributed by atoms with van der Waals surface area (Å²) in [6.45, 7) is 1.08. The third-order valence-corrected chi connectivity index (χ3v) is 4.55. The first kappa shape index (κ1) is 15.6. The quantitative estimate of drug-likeness (QED) is 0.560. The molecule has 2 rings (SSSR count). The number of nitrogens with zero attached hydrogens (tertiary/aromatic N) is 1. The Labute approximate surface area is 123 Å². The zero-order valence-electron chi connectivity index (χ0n) is 11.8.